The summed E-state index contributed by atoms with van der Waals surface area (Å²) in [6.45, 7) is 2.44. The van der Waals surface area contributed by atoms with Gasteiger partial charge in [-0.2, -0.15) is 0 Å². The second kappa shape index (κ2) is 11.4. The van der Waals surface area contributed by atoms with Crippen LogP contribution in [-0.2, 0) is 23.9 Å². The van der Waals surface area contributed by atoms with Crippen LogP contribution in [0, 0.1) is 5.92 Å². The van der Waals surface area contributed by atoms with Crippen LogP contribution in [0.15, 0.2) is 0 Å². The highest BCUT2D eigenvalue weighted by molar-refractivity contribution is 5.72. The Hall–Kier alpha value is -2.20. The predicted octanol–water partition coefficient (Wildman–Crippen LogP) is -0.957. The topological polar surface area (TPSA) is 145 Å². The van der Waals surface area contributed by atoms with Crippen LogP contribution < -0.4 is 0 Å². The maximum absolute atomic E-state index is 11.4. The molecule has 10 nitrogen and oxygen atoms in total. The van der Waals surface area contributed by atoms with Gasteiger partial charge in [-0.3, -0.25) is 29.0 Å². The summed E-state index contributed by atoms with van der Waals surface area (Å²) in [6, 6.07) is 0. The summed E-state index contributed by atoms with van der Waals surface area (Å²) in [4.78, 5) is 46.3. The smallest absolute Gasteiger partial charge is 0.317 e. The van der Waals surface area contributed by atoms with Crippen LogP contribution in [-0.4, -0.2) is 94.9 Å². The van der Waals surface area contributed by atoms with Crippen molar-refractivity contribution in [2.75, 3.05) is 45.9 Å². The van der Waals surface area contributed by atoms with E-state index in [1.807, 2.05) is 0 Å². The highest BCUT2D eigenvalue weighted by Gasteiger charge is 2.17. The lowest BCUT2D eigenvalue weighted by Gasteiger charge is -2.24. The second-order valence-corrected chi connectivity index (χ2v) is 5.49. The number of nitrogens with zero attached hydrogens (tertiary/aromatic N) is 2. The standard InChI is InChI=1S/C14H24N2O8/c1-10(2)14(23)24-6-5-15(7-11(17)18)3-4-16(8-12(19)20)9-13(21)22/h10H,3-9H2,1-2H3,(H,17,18)(H,19,20)(H,21,22). The van der Waals surface area contributed by atoms with Crippen molar-refractivity contribution in [3.63, 3.8) is 0 Å². The molecule has 0 aliphatic rings. The van der Waals surface area contributed by atoms with E-state index in [4.69, 9.17) is 20.1 Å². The van der Waals surface area contributed by atoms with Crippen molar-refractivity contribution in [1.29, 1.82) is 0 Å². The Labute approximate surface area is 139 Å². The molecule has 0 radical (unpaired) electrons. The summed E-state index contributed by atoms with van der Waals surface area (Å²) >= 11 is 0. The van der Waals surface area contributed by atoms with Gasteiger partial charge in [0.15, 0.2) is 0 Å². The van der Waals surface area contributed by atoms with Crippen molar-refractivity contribution in [3.8, 4) is 0 Å². The van der Waals surface area contributed by atoms with Gasteiger partial charge in [-0.1, -0.05) is 13.8 Å². The van der Waals surface area contributed by atoms with Crippen molar-refractivity contribution in [3.05, 3.63) is 0 Å². The Kier molecular flexibility index (Phi) is 10.3. The van der Waals surface area contributed by atoms with Crippen LogP contribution in [0.2, 0.25) is 0 Å². The van der Waals surface area contributed by atoms with Crippen molar-refractivity contribution < 1.29 is 39.2 Å². The summed E-state index contributed by atoms with van der Waals surface area (Å²) in [7, 11) is 0. The van der Waals surface area contributed by atoms with Crippen LogP contribution in [0.3, 0.4) is 0 Å². The van der Waals surface area contributed by atoms with E-state index in [-0.39, 0.29) is 38.7 Å². The van der Waals surface area contributed by atoms with Crippen LogP contribution in [0.25, 0.3) is 0 Å². The van der Waals surface area contributed by atoms with Crippen molar-refractivity contribution in [1.82, 2.24) is 9.80 Å². The third-order valence-electron chi connectivity index (χ3n) is 2.93. The summed E-state index contributed by atoms with van der Waals surface area (Å²) in [6.07, 6.45) is 0. The number of esters is 1. The Morgan fingerprint density at radius 3 is 1.62 bits per heavy atom. The van der Waals surface area contributed by atoms with Gasteiger partial charge in [-0.15, -0.1) is 0 Å². The zero-order valence-corrected chi connectivity index (χ0v) is 13.8. The number of carbonyl (C=O) groups is 4. The van der Waals surface area contributed by atoms with Gasteiger partial charge in [0.25, 0.3) is 0 Å². The number of carboxylic acid groups (broad SMARTS) is 3. The number of hydrogen-bond donors (Lipinski definition) is 3. The van der Waals surface area contributed by atoms with Gasteiger partial charge in [0.1, 0.15) is 6.61 Å². The Bertz CT molecular complexity index is 436. The van der Waals surface area contributed by atoms with Crippen LogP contribution in [0.4, 0.5) is 0 Å². The normalized spacial score (nSPS) is 11.0. The van der Waals surface area contributed by atoms with Gasteiger partial charge in [0.05, 0.1) is 25.6 Å². The number of rotatable bonds is 13. The molecule has 10 heteroatoms. The van der Waals surface area contributed by atoms with Crippen molar-refractivity contribution >= 4 is 23.9 Å². The number of ether oxygens (including phenoxy) is 1. The van der Waals surface area contributed by atoms with Crippen LogP contribution in [0.1, 0.15) is 13.8 Å². The molecule has 3 N–H and O–H groups in total. The maximum Gasteiger partial charge on any atom is 0.317 e. The minimum absolute atomic E-state index is 0.00214. The first kappa shape index (κ1) is 21.8. The summed E-state index contributed by atoms with van der Waals surface area (Å²) in [5.41, 5.74) is 0. The molecule has 138 valence electrons. The molecule has 0 aliphatic heterocycles. The van der Waals surface area contributed by atoms with Gasteiger partial charge < -0.3 is 20.1 Å². The Balaban J connectivity index is 4.51. The fourth-order valence-corrected chi connectivity index (χ4v) is 1.78. The average Bonchev–Trinajstić information content (AvgIpc) is 2.42. The first-order chi connectivity index (χ1) is 11.1. The predicted molar refractivity (Wildman–Crippen MR) is 81.6 cm³/mol. The van der Waals surface area contributed by atoms with E-state index in [9.17, 15) is 19.2 Å². The minimum atomic E-state index is -1.17. The lowest BCUT2D eigenvalue weighted by Crippen LogP contribution is -2.42. The number of carboxylic acids is 3. The van der Waals surface area contributed by atoms with Crippen LogP contribution >= 0.6 is 0 Å². The molecule has 0 atom stereocenters. The van der Waals surface area contributed by atoms with Crippen molar-refractivity contribution in [2.24, 2.45) is 5.92 Å². The highest BCUT2D eigenvalue weighted by atomic mass is 16.5. The number of hydrogen-bond acceptors (Lipinski definition) is 7. The molecule has 0 rings (SSSR count). The second-order valence-electron chi connectivity index (χ2n) is 5.49. The monoisotopic (exact) mass is 348 g/mol. The molecule has 0 amide bonds. The lowest BCUT2D eigenvalue weighted by atomic mass is 10.2. The van der Waals surface area contributed by atoms with Gasteiger partial charge in [-0.05, 0) is 0 Å². The van der Waals surface area contributed by atoms with Gasteiger partial charge in [0.2, 0.25) is 0 Å². The van der Waals surface area contributed by atoms with Gasteiger partial charge in [0, 0.05) is 19.6 Å². The Morgan fingerprint density at radius 1 is 0.792 bits per heavy atom. The lowest BCUT2D eigenvalue weighted by molar-refractivity contribution is -0.148. The van der Waals surface area contributed by atoms with E-state index >= 15 is 0 Å². The molecule has 0 aliphatic carbocycles. The summed E-state index contributed by atoms with van der Waals surface area (Å²) < 4.78 is 4.98. The molecule has 0 saturated heterocycles. The van der Waals surface area contributed by atoms with Crippen molar-refractivity contribution in [2.45, 2.75) is 13.8 Å². The first-order valence-electron chi connectivity index (χ1n) is 7.38. The largest absolute Gasteiger partial charge is 0.480 e. The third kappa shape index (κ3) is 11.4. The molecule has 0 heterocycles. The summed E-state index contributed by atoms with van der Waals surface area (Å²) in [5.74, 6) is -4.13. The molecular weight excluding hydrogens is 324 g/mol. The average molecular weight is 348 g/mol. The van der Waals surface area contributed by atoms with E-state index < -0.39 is 37.0 Å². The van der Waals surface area contributed by atoms with E-state index in [1.165, 1.54) is 9.80 Å². The number of carbonyl (C=O) groups excluding carboxylic acids is 1. The molecule has 0 aromatic carbocycles. The molecule has 0 bridgehead atoms. The molecule has 24 heavy (non-hydrogen) atoms. The van der Waals surface area contributed by atoms with Gasteiger partial charge >= 0.3 is 23.9 Å². The summed E-state index contributed by atoms with van der Waals surface area (Å²) in [5, 5.41) is 26.4. The first-order valence-corrected chi connectivity index (χ1v) is 7.38. The van der Waals surface area contributed by atoms with E-state index in [2.05, 4.69) is 0 Å². The van der Waals surface area contributed by atoms with Crippen LogP contribution in [0.5, 0.6) is 0 Å². The quantitative estimate of drug-likeness (QED) is 0.356. The minimum Gasteiger partial charge on any atom is -0.480 e. The highest BCUT2D eigenvalue weighted by Crippen LogP contribution is 1.98. The van der Waals surface area contributed by atoms with Gasteiger partial charge in [-0.25, -0.2) is 0 Å². The fourth-order valence-electron chi connectivity index (χ4n) is 1.78. The molecule has 0 unspecified atom stereocenters. The fraction of sp³-hybridized carbons (Fsp3) is 0.714. The SMILES string of the molecule is CC(C)C(=O)OCCN(CCN(CC(=O)O)CC(=O)O)CC(=O)O. The maximum atomic E-state index is 11.4. The van der Waals surface area contributed by atoms with E-state index in [1.54, 1.807) is 13.8 Å². The third-order valence-corrected chi connectivity index (χ3v) is 2.93. The molecular formula is C14H24N2O8. The Morgan fingerprint density at radius 2 is 1.21 bits per heavy atom. The molecule has 0 aromatic heterocycles. The molecule has 0 saturated carbocycles. The number of aliphatic carboxylic acids is 3. The zero-order valence-electron chi connectivity index (χ0n) is 13.8. The zero-order chi connectivity index (χ0) is 18.7. The molecule has 0 fully saturated rings. The molecule has 0 spiro atoms. The van der Waals surface area contributed by atoms with E-state index in [0.29, 0.717) is 0 Å². The molecule has 0 aromatic rings. The van der Waals surface area contributed by atoms with E-state index in [0.717, 1.165) is 0 Å².